The molecule has 0 saturated heterocycles. The minimum atomic E-state index is 1.09. The van der Waals surface area contributed by atoms with Crippen LogP contribution in [0.3, 0.4) is 0 Å². The lowest BCUT2D eigenvalue weighted by atomic mass is 10.1. The third-order valence-electron chi connectivity index (χ3n) is 12.2. The number of hydrogen-bond donors (Lipinski definition) is 1. The minimum Gasteiger partial charge on any atom is -0.388 e. The van der Waals surface area contributed by atoms with Crippen molar-refractivity contribution < 1.29 is 0 Å². The number of allylic oxidation sites excluding steroid dienone is 4. The van der Waals surface area contributed by atoms with Gasteiger partial charge < -0.3 is 14.8 Å². The second kappa shape index (κ2) is 18.4. The third kappa shape index (κ3) is 8.05. The zero-order valence-electron chi connectivity index (χ0n) is 36.3. The van der Waals surface area contributed by atoms with Crippen molar-refractivity contribution in [2.75, 3.05) is 23.5 Å². The Morgan fingerprint density at radius 3 is 1.95 bits per heavy atom. The van der Waals surface area contributed by atoms with E-state index < -0.39 is 0 Å². The molecule has 9 aromatic carbocycles. The lowest BCUT2D eigenvalue weighted by Crippen LogP contribution is -2.09. The molecule has 1 aliphatic carbocycles. The lowest BCUT2D eigenvalue weighted by Gasteiger charge is -2.25. The Kier molecular flexibility index (Phi) is 11.8. The summed E-state index contributed by atoms with van der Waals surface area (Å²) in [5.74, 6) is 0. The minimum absolute atomic E-state index is 1.09. The molecule has 2 heterocycles. The highest BCUT2D eigenvalue weighted by atomic mass is 32.2. The van der Waals surface area contributed by atoms with E-state index in [9.17, 15) is 0 Å². The van der Waals surface area contributed by atoms with Crippen LogP contribution in [0.5, 0.6) is 0 Å². The normalized spacial score (nSPS) is 12.3. The van der Waals surface area contributed by atoms with E-state index in [4.69, 9.17) is 0 Å². The third-order valence-corrected chi connectivity index (χ3v) is 14.3. The van der Waals surface area contributed by atoms with Gasteiger partial charge in [-0.2, -0.15) is 0 Å². The number of thiophene rings is 1. The van der Waals surface area contributed by atoms with Gasteiger partial charge in [-0.3, -0.25) is 0 Å². The van der Waals surface area contributed by atoms with Gasteiger partial charge in [-0.25, -0.2) is 0 Å². The molecule has 11 aromatic rings. The van der Waals surface area contributed by atoms with Gasteiger partial charge in [0, 0.05) is 71.3 Å². The molecule has 5 heteroatoms. The van der Waals surface area contributed by atoms with Crippen molar-refractivity contribution in [1.82, 2.24) is 4.57 Å². The second-order valence-corrected chi connectivity index (χ2v) is 18.0. The van der Waals surface area contributed by atoms with Crippen LogP contribution in [0.4, 0.5) is 22.7 Å². The fourth-order valence-corrected chi connectivity index (χ4v) is 10.8. The quantitative estimate of drug-likeness (QED) is 0.168. The average molecular weight is 864 g/mol. The summed E-state index contributed by atoms with van der Waals surface area (Å²) in [6, 6.07) is 69.6. The molecule has 2 aromatic heterocycles. The van der Waals surface area contributed by atoms with Gasteiger partial charge in [-0.05, 0) is 138 Å². The molecule has 0 fully saturated rings. The fourth-order valence-electron chi connectivity index (χ4n) is 8.96. The van der Waals surface area contributed by atoms with Crippen molar-refractivity contribution in [3.05, 3.63) is 218 Å². The Bertz CT molecular complexity index is 3490. The molecular weight excluding hydrogens is 815 g/mol. The van der Waals surface area contributed by atoms with Crippen LogP contribution >= 0.6 is 23.1 Å². The van der Waals surface area contributed by atoms with Gasteiger partial charge in [-0.1, -0.05) is 127 Å². The van der Waals surface area contributed by atoms with Crippen LogP contribution in [-0.4, -0.2) is 17.9 Å². The summed E-state index contributed by atoms with van der Waals surface area (Å²) in [6.45, 7) is 2.13. The maximum atomic E-state index is 3.21. The van der Waals surface area contributed by atoms with E-state index in [1.807, 2.05) is 18.4 Å². The van der Waals surface area contributed by atoms with Crippen LogP contribution in [0.2, 0.25) is 0 Å². The number of thioether (sulfide) groups is 1. The first-order valence-electron chi connectivity index (χ1n) is 21.9. The largest absolute Gasteiger partial charge is 0.388 e. The van der Waals surface area contributed by atoms with Crippen LogP contribution in [0, 0.1) is 6.92 Å². The summed E-state index contributed by atoms with van der Waals surface area (Å²) in [4.78, 5) is 3.70. The van der Waals surface area contributed by atoms with Crippen LogP contribution in [0.25, 0.3) is 69.2 Å². The molecule has 0 amide bonds. The summed E-state index contributed by atoms with van der Waals surface area (Å²) >= 11 is 3.68. The molecule has 0 radical (unpaired) electrons. The Hall–Kier alpha value is -7.05. The number of aryl methyl sites for hydroxylation is 1. The topological polar surface area (TPSA) is 20.2 Å². The molecule has 312 valence electrons. The lowest BCUT2D eigenvalue weighted by molar-refractivity contribution is 0.979. The number of aromatic nitrogens is 1. The predicted octanol–water partition coefficient (Wildman–Crippen LogP) is 17.6. The van der Waals surface area contributed by atoms with Gasteiger partial charge in [0.05, 0.1) is 11.0 Å². The van der Waals surface area contributed by atoms with Crippen molar-refractivity contribution in [1.29, 1.82) is 0 Å². The highest BCUT2D eigenvalue weighted by molar-refractivity contribution is 7.98. The van der Waals surface area contributed by atoms with E-state index in [1.54, 1.807) is 11.8 Å². The smallest absolute Gasteiger partial charge is 0.0544 e. The molecule has 0 atom stereocenters. The number of benzene rings is 9. The number of fused-ring (bicyclic) bond motifs is 9. The van der Waals surface area contributed by atoms with E-state index in [2.05, 4.69) is 240 Å². The maximum Gasteiger partial charge on any atom is 0.0544 e. The molecule has 0 unspecified atom stereocenters. The first kappa shape index (κ1) is 41.0. The van der Waals surface area contributed by atoms with Crippen molar-refractivity contribution in [2.24, 2.45) is 0 Å². The van der Waals surface area contributed by atoms with E-state index in [0.717, 1.165) is 35.6 Å². The van der Waals surface area contributed by atoms with Crippen LogP contribution in [0.15, 0.2) is 217 Å². The number of hydrogen-bond acceptors (Lipinski definition) is 4. The summed E-state index contributed by atoms with van der Waals surface area (Å²) in [5.41, 5.74) is 9.92. The first-order chi connectivity index (χ1) is 31.6. The molecule has 64 heavy (non-hydrogen) atoms. The van der Waals surface area contributed by atoms with Crippen molar-refractivity contribution in [3.8, 4) is 0 Å². The van der Waals surface area contributed by atoms with Gasteiger partial charge in [-0.15, -0.1) is 23.1 Å². The molecular formula is C59H49N3S2. The Labute approximate surface area is 383 Å². The number of nitrogens with one attached hydrogen (secondary N) is 1. The van der Waals surface area contributed by atoms with E-state index in [0.29, 0.717) is 0 Å². The summed E-state index contributed by atoms with van der Waals surface area (Å²) in [5, 5.41) is 13.8. The van der Waals surface area contributed by atoms with Gasteiger partial charge >= 0.3 is 0 Å². The van der Waals surface area contributed by atoms with Crippen LogP contribution in [-0.2, 0) is 0 Å². The van der Waals surface area contributed by atoms with Crippen molar-refractivity contribution >= 4 is 115 Å². The van der Waals surface area contributed by atoms with E-state index in [1.165, 1.54) is 79.7 Å². The molecule has 12 rings (SSSR count). The standard InChI is InChI=1S/C29H22N2S.C22H17N.C8H10S/c1-30-21-12-14-23(15-13-21)31(22-8-3-2-4-9-22)24-16-18-28-27(19-24)26-17-11-20-7-5-6-10-25(20)29(26)32-28;1-2-10-18(11-3-1)23-21-13-7-6-12-19(21)20-14-16-8-4-5-9-17(16)15-22(20)23;1-7-5-3-4-6-8(7)9-2/h2-19,30H,1H3;1-2,4-10,12-15H,3,11H2;3-6H,1-2H3. The number of rotatable bonds is 6. The monoisotopic (exact) mass is 863 g/mol. The predicted molar refractivity (Wildman–Crippen MR) is 284 cm³/mol. The molecule has 0 spiro atoms. The van der Waals surface area contributed by atoms with Crippen molar-refractivity contribution in [3.63, 3.8) is 0 Å². The number of para-hydroxylation sites is 2. The molecule has 0 saturated carbocycles. The van der Waals surface area contributed by atoms with Gasteiger partial charge in [0.25, 0.3) is 0 Å². The highest BCUT2D eigenvalue weighted by Gasteiger charge is 2.17. The summed E-state index contributed by atoms with van der Waals surface area (Å²) in [7, 11) is 1.95. The Balaban J connectivity index is 0.000000131. The van der Waals surface area contributed by atoms with Crippen molar-refractivity contribution in [2.45, 2.75) is 24.7 Å². The molecule has 0 bridgehead atoms. The molecule has 0 aliphatic heterocycles. The van der Waals surface area contributed by atoms with Gasteiger partial charge in [0.1, 0.15) is 0 Å². The SMILES string of the molecule is C1=CCCC(n2c3ccccc3c3cc4ccccc4cc32)=C1.CNc1ccc(N(c2ccccc2)c2ccc3sc4c5ccccc5ccc4c3c2)cc1.CSc1ccccc1C. The fraction of sp³-hybridized carbons (Fsp3) is 0.0847. The zero-order valence-corrected chi connectivity index (χ0v) is 38.0. The average Bonchev–Trinajstić information content (AvgIpc) is 3.90. The summed E-state index contributed by atoms with van der Waals surface area (Å²) < 4.78 is 5.12. The number of nitrogens with zero attached hydrogens (tertiary/aromatic N) is 2. The molecule has 3 nitrogen and oxygen atoms in total. The van der Waals surface area contributed by atoms with E-state index >= 15 is 0 Å². The Morgan fingerprint density at radius 2 is 1.22 bits per heavy atom. The number of anilines is 4. The van der Waals surface area contributed by atoms with Gasteiger partial charge in [0.2, 0.25) is 0 Å². The molecule has 1 N–H and O–H groups in total. The Morgan fingerprint density at radius 1 is 0.547 bits per heavy atom. The first-order valence-corrected chi connectivity index (χ1v) is 24.0. The summed E-state index contributed by atoms with van der Waals surface area (Å²) in [6.07, 6.45) is 11.0. The van der Waals surface area contributed by atoms with E-state index in [-0.39, 0.29) is 0 Å². The van der Waals surface area contributed by atoms with Crippen LogP contribution < -0.4 is 10.2 Å². The van der Waals surface area contributed by atoms with Gasteiger partial charge in [0.15, 0.2) is 0 Å². The van der Waals surface area contributed by atoms with Crippen LogP contribution in [0.1, 0.15) is 18.4 Å². The molecule has 1 aliphatic rings. The maximum absolute atomic E-state index is 3.21. The highest BCUT2D eigenvalue weighted by Crippen LogP contribution is 2.43. The second-order valence-electron chi connectivity index (χ2n) is 16.1. The zero-order chi connectivity index (χ0) is 43.4.